The van der Waals surface area contributed by atoms with Gasteiger partial charge in [-0.25, -0.2) is 0 Å². The summed E-state index contributed by atoms with van der Waals surface area (Å²) >= 11 is 0. The molecule has 1 fully saturated rings. The lowest BCUT2D eigenvalue weighted by Crippen LogP contribution is -2.27. The van der Waals surface area contributed by atoms with Gasteiger partial charge in [-0.05, 0) is 48.9 Å². The summed E-state index contributed by atoms with van der Waals surface area (Å²) in [6, 6.07) is 0. The van der Waals surface area contributed by atoms with Crippen molar-refractivity contribution in [1.82, 2.24) is 0 Å². The van der Waals surface area contributed by atoms with E-state index in [4.69, 9.17) is 5.11 Å². The summed E-state index contributed by atoms with van der Waals surface area (Å²) in [7, 11) is 0. The molecule has 1 aliphatic carbocycles. The first-order valence-electron chi connectivity index (χ1n) is 9.07. The highest BCUT2D eigenvalue weighted by molar-refractivity contribution is 5.77. The third kappa shape index (κ3) is 7.36. The van der Waals surface area contributed by atoms with Crippen molar-refractivity contribution in [2.24, 2.45) is 29.1 Å². The van der Waals surface area contributed by atoms with Crippen molar-refractivity contribution in [1.29, 1.82) is 0 Å². The van der Waals surface area contributed by atoms with Crippen LogP contribution < -0.4 is 0 Å². The van der Waals surface area contributed by atoms with Crippen LogP contribution in [0.2, 0.25) is 0 Å². The number of rotatable bonds is 8. The van der Waals surface area contributed by atoms with Crippen molar-refractivity contribution in [3.63, 3.8) is 0 Å². The number of carbonyl (C=O) groups is 2. The predicted molar refractivity (Wildman–Crippen MR) is 91.3 cm³/mol. The van der Waals surface area contributed by atoms with Crippen molar-refractivity contribution in [3.05, 3.63) is 0 Å². The molecule has 0 aromatic rings. The summed E-state index contributed by atoms with van der Waals surface area (Å²) in [5, 5.41) is 18.0. The quantitative estimate of drug-likeness (QED) is 0.670. The van der Waals surface area contributed by atoms with Crippen molar-refractivity contribution in [2.75, 3.05) is 0 Å². The highest BCUT2D eigenvalue weighted by atomic mass is 16.4. The van der Waals surface area contributed by atoms with Crippen LogP contribution in [-0.2, 0) is 9.59 Å². The van der Waals surface area contributed by atoms with E-state index in [1.807, 2.05) is 0 Å². The van der Waals surface area contributed by atoms with Gasteiger partial charge in [0, 0.05) is 0 Å². The van der Waals surface area contributed by atoms with E-state index in [1.165, 1.54) is 25.7 Å². The molecule has 0 radical (unpaired) electrons. The monoisotopic (exact) mass is 326 g/mol. The molecule has 4 heteroatoms. The Morgan fingerprint density at radius 3 is 2.04 bits per heavy atom. The second-order valence-electron chi connectivity index (χ2n) is 8.58. The Balaban J connectivity index is 2.50. The molecule has 2 unspecified atom stereocenters. The number of carboxylic acids is 2. The van der Waals surface area contributed by atoms with Crippen molar-refractivity contribution < 1.29 is 19.8 Å². The molecule has 1 rings (SSSR count). The molecule has 1 aliphatic rings. The van der Waals surface area contributed by atoms with E-state index in [1.54, 1.807) is 0 Å². The van der Waals surface area contributed by atoms with E-state index < -0.39 is 17.9 Å². The van der Waals surface area contributed by atoms with Gasteiger partial charge in [-0.3, -0.25) is 9.59 Å². The van der Waals surface area contributed by atoms with E-state index in [2.05, 4.69) is 27.7 Å². The average molecular weight is 326 g/mol. The lowest BCUT2D eigenvalue weighted by Gasteiger charge is -2.37. The van der Waals surface area contributed by atoms with Crippen molar-refractivity contribution in [2.45, 2.75) is 79.1 Å². The summed E-state index contributed by atoms with van der Waals surface area (Å²) in [4.78, 5) is 22.0. The van der Waals surface area contributed by atoms with Crippen LogP contribution in [0.3, 0.4) is 0 Å². The number of carboxylic acid groups (broad SMARTS) is 2. The summed E-state index contributed by atoms with van der Waals surface area (Å²) in [5.41, 5.74) is 0.355. The Kier molecular flexibility index (Phi) is 7.56. The highest BCUT2D eigenvalue weighted by Crippen LogP contribution is 2.41. The second kappa shape index (κ2) is 8.70. The van der Waals surface area contributed by atoms with E-state index >= 15 is 0 Å². The van der Waals surface area contributed by atoms with Gasteiger partial charge in [0.2, 0.25) is 0 Å². The Morgan fingerprint density at radius 1 is 1.09 bits per heavy atom. The molecule has 2 atom stereocenters. The van der Waals surface area contributed by atoms with Crippen LogP contribution in [0.1, 0.15) is 79.1 Å². The Hall–Kier alpha value is -1.06. The topological polar surface area (TPSA) is 74.6 Å². The smallest absolute Gasteiger partial charge is 0.307 e. The lowest BCUT2D eigenvalue weighted by atomic mass is 9.69. The van der Waals surface area contributed by atoms with Gasteiger partial charge >= 0.3 is 11.9 Å². The molecule has 4 nitrogen and oxygen atoms in total. The van der Waals surface area contributed by atoms with Gasteiger partial charge in [0.15, 0.2) is 0 Å². The largest absolute Gasteiger partial charge is 0.481 e. The maximum Gasteiger partial charge on any atom is 0.307 e. The van der Waals surface area contributed by atoms with Crippen LogP contribution in [0.15, 0.2) is 0 Å². The lowest BCUT2D eigenvalue weighted by molar-refractivity contribution is -0.149. The molecule has 0 aromatic heterocycles. The molecular weight excluding hydrogens is 292 g/mol. The van der Waals surface area contributed by atoms with E-state index in [9.17, 15) is 14.7 Å². The minimum Gasteiger partial charge on any atom is -0.481 e. The molecule has 23 heavy (non-hydrogen) atoms. The molecule has 0 bridgehead atoms. The summed E-state index contributed by atoms with van der Waals surface area (Å²) in [6.07, 6.45) is 7.15. The van der Waals surface area contributed by atoms with Crippen LogP contribution in [0.25, 0.3) is 0 Å². The van der Waals surface area contributed by atoms with Crippen LogP contribution in [0, 0.1) is 29.1 Å². The fourth-order valence-corrected chi connectivity index (χ4v) is 4.21. The van der Waals surface area contributed by atoms with Gasteiger partial charge < -0.3 is 10.2 Å². The molecule has 0 saturated heterocycles. The first kappa shape index (κ1) is 20.0. The van der Waals surface area contributed by atoms with Crippen LogP contribution in [0.5, 0.6) is 0 Å². The molecule has 0 aromatic carbocycles. The van der Waals surface area contributed by atoms with Gasteiger partial charge in [-0.15, -0.1) is 0 Å². The molecule has 0 heterocycles. The highest BCUT2D eigenvalue weighted by Gasteiger charge is 2.32. The van der Waals surface area contributed by atoms with Gasteiger partial charge in [-0.2, -0.15) is 0 Å². The molecule has 0 amide bonds. The third-order valence-corrected chi connectivity index (χ3v) is 5.35. The van der Waals surface area contributed by atoms with Gasteiger partial charge in [0.1, 0.15) is 0 Å². The molecule has 1 saturated carbocycles. The number of hydrogen-bond acceptors (Lipinski definition) is 2. The van der Waals surface area contributed by atoms with Gasteiger partial charge in [-0.1, -0.05) is 47.0 Å². The maximum atomic E-state index is 11.2. The predicted octanol–water partition coefficient (Wildman–Crippen LogP) is 4.82. The van der Waals surface area contributed by atoms with Crippen LogP contribution >= 0.6 is 0 Å². The van der Waals surface area contributed by atoms with Gasteiger partial charge in [0.25, 0.3) is 0 Å². The molecular formula is C19H34O4. The fourth-order valence-electron chi connectivity index (χ4n) is 4.21. The van der Waals surface area contributed by atoms with Gasteiger partial charge in [0.05, 0.1) is 12.3 Å². The van der Waals surface area contributed by atoms with Crippen molar-refractivity contribution in [3.8, 4) is 0 Å². The summed E-state index contributed by atoms with van der Waals surface area (Å²) < 4.78 is 0. The van der Waals surface area contributed by atoms with E-state index in [0.29, 0.717) is 17.8 Å². The van der Waals surface area contributed by atoms with E-state index in [0.717, 1.165) is 24.7 Å². The summed E-state index contributed by atoms with van der Waals surface area (Å²) in [6.45, 7) is 9.16. The molecule has 0 aliphatic heterocycles. The first-order valence-corrected chi connectivity index (χ1v) is 9.07. The molecule has 0 spiro atoms. The normalized spacial score (nSPS) is 24.9. The molecule has 134 valence electrons. The zero-order chi connectivity index (χ0) is 17.6. The maximum absolute atomic E-state index is 11.2. The standard InChI is InChI=1S/C19H34O4/c1-5-14(12-19(2,3)4)15-8-6-13(7-9-15)10-16(18(22)23)11-17(20)21/h13-16H,5-12H2,1-4H3,(H,20,21)(H,22,23). The SMILES string of the molecule is CCC(CC(C)(C)C)C1CCC(CC(CC(=O)O)C(=O)O)CC1. The zero-order valence-corrected chi connectivity index (χ0v) is 15.2. The average Bonchev–Trinajstić information content (AvgIpc) is 2.43. The number of aliphatic carboxylic acids is 2. The fraction of sp³-hybridized carbons (Fsp3) is 0.895. The summed E-state index contributed by atoms with van der Waals surface area (Å²) in [5.74, 6) is -0.830. The minimum atomic E-state index is -1.01. The Morgan fingerprint density at radius 2 is 1.65 bits per heavy atom. The zero-order valence-electron chi connectivity index (χ0n) is 15.2. The first-order chi connectivity index (χ1) is 10.6. The number of hydrogen-bond donors (Lipinski definition) is 2. The Labute approximate surface area is 140 Å². The van der Waals surface area contributed by atoms with Crippen LogP contribution in [0.4, 0.5) is 0 Å². The third-order valence-electron chi connectivity index (χ3n) is 5.35. The van der Waals surface area contributed by atoms with E-state index in [-0.39, 0.29) is 6.42 Å². The second-order valence-corrected chi connectivity index (χ2v) is 8.58. The molecule has 2 N–H and O–H groups in total. The van der Waals surface area contributed by atoms with Crippen molar-refractivity contribution >= 4 is 11.9 Å². The minimum absolute atomic E-state index is 0.253. The van der Waals surface area contributed by atoms with Crippen LogP contribution in [-0.4, -0.2) is 22.2 Å². The Bertz CT molecular complexity index is 389.